The van der Waals surface area contributed by atoms with Gasteiger partial charge in [-0.05, 0) is 30.0 Å². The van der Waals surface area contributed by atoms with E-state index in [-0.39, 0.29) is 11.3 Å². The van der Waals surface area contributed by atoms with E-state index >= 15 is 0 Å². The number of thiazole rings is 1. The summed E-state index contributed by atoms with van der Waals surface area (Å²) in [5.41, 5.74) is 0.463. The summed E-state index contributed by atoms with van der Waals surface area (Å²) in [5.74, 6) is 0.0187. The van der Waals surface area contributed by atoms with Gasteiger partial charge in [-0.25, -0.2) is 0 Å². The Bertz CT molecular complexity index is 881. The van der Waals surface area contributed by atoms with Gasteiger partial charge in [0, 0.05) is 23.4 Å². The monoisotopic (exact) mass is 347 g/mol. The van der Waals surface area contributed by atoms with Crippen molar-refractivity contribution >= 4 is 41.0 Å². The second-order valence-corrected chi connectivity index (χ2v) is 8.29. The Hall–Kier alpha value is -1.59. The van der Waals surface area contributed by atoms with Gasteiger partial charge < -0.3 is 4.57 Å². The fraction of sp³-hybridized carbons (Fsp3) is 0.333. The van der Waals surface area contributed by atoms with Crippen LogP contribution in [0.25, 0.3) is 12.2 Å². The number of rotatable bonds is 3. The van der Waals surface area contributed by atoms with Crippen LogP contribution >= 0.6 is 23.1 Å². The van der Waals surface area contributed by atoms with E-state index in [1.165, 1.54) is 20.8 Å². The van der Waals surface area contributed by atoms with Crippen LogP contribution in [-0.4, -0.2) is 16.6 Å². The standard InChI is InChI=1S/C18H21NO2S2/c1-18(2,3)15(20)11-16-19(4)17(21)14(23-16)10-12-6-8-13(22-5)9-7-12/h6-11H,1-5H3/b14-10-,16-11-. The number of aromatic nitrogens is 1. The average molecular weight is 348 g/mol. The Morgan fingerprint density at radius 1 is 1.22 bits per heavy atom. The number of thioether (sulfide) groups is 1. The topological polar surface area (TPSA) is 39.1 Å². The fourth-order valence-corrected chi connectivity index (χ4v) is 3.33. The lowest BCUT2D eigenvalue weighted by Crippen LogP contribution is -2.30. The molecule has 1 aromatic carbocycles. The lowest BCUT2D eigenvalue weighted by molar-refractivity contribution is -0.120. The number of hydrogen-bond acceptors (Lipinski definition) is 4. The van der Waals surface area contributed by atoms with Crippen molar-refractivity contribution in [3.8, 4) is 0 Å². The lowest BCUT2D eigenvalue weighted by atomic mass is 9.91. The maximum atomic E-state index is 12.4. The van der Waals surface area contributed by atoms with Crippen LogP contribution < -0.4 is 14.8 Å². The first kappa shape index (κ1) is 17.8. The number of carbonyl (C=O) groups is 1. The summed E-state index contributed by atoms with van der Waals surface area (Å²) in [6.45, 7) is 5.62. The molecule has 0 spiro atoms. The Morgan fingerprint density at radius 3 is 2.35 bits per heavy atom. The maximum absolute atomic E-state index is 12.4. The zero-order valence-corrected chi connectivity index (χ0v) is 15.7. The Kier molecular flexibility index (Phi) is 5.32. The lowest BCUT2D eigenvalue weighted by Gasteiger charge is -2.12. The van der Waals surface area contributed by atoms with Gasteiger partial charge in [-0.2, -0.15) is 0 Å². The van der Waals surface area contributed by atoms with Crippen LogP contribution in [-0.2, 0) is 11.8 Å². The van der Waals surface area contributed by atoms with Gasteiger partial charge in [0.1, 0.15) is 4.66 Å². The Balaban J connectivity index is 2.51. The van der Waals surface area contributed by atoms with Gasteiger partial charge in [-0.1, -0.05) is 32.9 Å². The fourth-order valence-electron chi connectivity index (χ4n) is 1.89. The van der Waals surface area contributed by atoms with Crippen LogP contribution in [0.15, 0.2) is 34.0 Å². The summed E-state index contributed by atoms with van der Waals surface area (Å²) in [7, 11) is 1.70. The van der Waals surface area contributed by atoms with Crippen LogP contribution in [0.4, 0.5) is 0 Å². The van der Waals surface area contributed by atoms with E-state index in [1.54, 1.807) is 24.9 Å². The predicted molar refractivity (Wildman–Crippen MR) is 99.5 cm³/mol. The molecule has 0 radical (unpaired) electrons. The van der Waals surface area contributed by atoms with Gasteiger partial charge in [-0.15, -0.1) is 23.1 Å². The molecule has 0 aliphatic heterocycles. The smallest absolute Gasteiger partial charge is 0.268 e. The molecular weight excluding hydrogens is 326 g/mol. The van der Waals surface area contributed by atoms with E-state index in [2.05, 4.69) is 0 Å². The molecule has 122 valence electrons. The molecule has 1 heterocycles. The highest BCUT2D eigenvalue weighted by Crippen LogP contribution is 2.15. The van der Waals surface area contributed by atoms with Gasteiger partial charge in [-0.3, -0.25) is 9.59 Å². The largest absolute Gasteiger partial charge is 0.302 e. The van der Waals surface area contributed by atoms with Crippen molar-refractivity contribution < 1.29 is 4.79 Å². The van der Waals surface area contributed by atoms with Crippen LogP contribution in [0.2, 0.25) is 0 Å². The molecule has 0 atom stereocenters. The molecule has 0 aliphatic rings. The molecule has 3 nitrogen and oxygen atoms in total. The molecule has 1 aromatic heterocycles. The SMILES string of the molecule is CSc1ccc(/C=c2\s/c(=C\C(=O)C(C)(C)C)n(C)c2=O)cc1. The second kappa shape index (κ2) is 6.89. The van der Waals surface area contributed by atoms with Crippen molar-refractivity contribution in [3.05, 3.63) is 49.4 Å². The molecule has 0 N–H and O–H groups in total. The van der Waals surface area contributed by atoms with Gasteiger partial charge in [0.2, 0.25) is 0 Å². The number of benzene rings is 1. The van der Waals surface area contributed by atoms with Crippen LogP contribution in [0, 0.1) is 5.41 Å². The number of Topliss-reactive ketones (excluding diaryl/α,β-unsaturated/α-hetero) is 1. The first-order valence-corrected chi connectivity index (χ1v) is 9.34. The summed E-state index contributed by atoms with van der Waals surface area (Å²) < 4.78 is 2.86. The van der Waals surface area contributed by atoms with Crippen molar-refractivity contribution in [1.29, 1.82) is 0 Å². The molecular formula is C18H21NO2S2. The van der Waals surface area contributed by atoms with Crippen molar-refractivity contribution in [3.63, 3.8) is 0 Å². The minimum Gasteiger partial charge on any atom is -0.302 e. The van der Waals surface area contributed by atoms with E-state index in [0.717, 1.165) is 5.56 Å². The third-order valence-corrected chi connectivity index (χ3v) is 5.32. The predicted octanol–water partition coefficient (Wildman–Crippen LogP) is 2.39. The summed E-state index contributed by atoms with van der Waals surface area (Å²) in [6.07, 6.45) is 5.47. The van der Waals surface area contributed by atoms with Crippen LogP contribution in [0.5, 0.6) is 0 Å². The maximum Gasteiger partial charge on any atom is 0.268 e. The number of carbonyl (C=O) groups excluding carboxylic acids is 1. The average Bonchev–Trinajstić information content (AvgIpc) is 2.75. The zero-order chi connectivity index (χ0) is 17.2. The van der Waals surface area contributed by atoms with Gasteiger partial charge in [0.25, 0.3) is 5.56 Å². The summed E-state index contributed by atoms with van der Waals surface area (Å²) >= 11 is 3.03. The van der Waals surface area contributed by atoms with E-state index in [1.807, 2.05) is 57.4 Å². The molecule has 0 aliphatic carbocycles. The van der Waals surface area contributed by atoms with Crippen molar-refractivity contribution in [2.45, 2.75) is 25.7 Å². The highest BCUT2D eigenvalue weighted by atomic mass is 32.2. The molecule has 2 aromatic rings. The molecule has 0 bridgehead atoms. The molecule has 0 unspecified atom stereocenters. The van der Waals surface area contributed by atoms with Gasteiger partial charge >= 0.3 is 0 Å². The van der Waals surface area contributed by atoms with E-state index in [0.29, 0.717) is 9.20 Å². The quantitative estimate of drug-likeness (QED) is 0.801. The molecule has 0 fully saturated rings. The molecule has 23 heavy (non-hydrogen) atoms. The zero-order valence-electron chi connectivity index (χ0n) is 14.0. The first-order chi connectivity index (χ1) is 10.7. The molecule has 0 saturated heterocycles. The van der Waals surface area contributed by atoms with E-state index < -0.39 is 5.41 Å². The normalized spacial score (nSPS) is 13.6. The number of hydrogen-bond donors (Lipinski definition) is 0. The van der Waals surface area contributed by atoms with E-state index in [4.69, 9.17) is 0 Å². The molecule has 0 amide bonds. The van der Waals surface area contributed by atoms with Gasteiger partial charge in [0.15, 0.2) is 5.78 Å². The van der Waals surface area contributed by atoms with Gasteiger partial charge in [0.05, 0.1) is 4.53 Å². The summed E-state index contributed by atoms with van der Waals surface area (Å²) in [6, 6.07) is 8.05. The van der Waals surface area contributed by atoms with Crippen LogP contribution in [0.1, 0.15) is 26.3 Å². The highest BCUT2D eigenvalue weighted by molar-refractivity contribution is 7.98. The van der Waals surface area contributed by atoms with Crippen molar-refractivity contribution in [2.75, 3.05) is 6.26 Å². The third-order valence-electron chi connectivity index (χ3n) is 3.47. The number of nitrogens with zero attached hydrogens (tertiary/aromatic N) is 1. The molecule has 0 saturated carbocycles. The third kappa shape index (κ3) is 4.24. The summed E-state index contributed by atoms with van der Waals surface area (Å²) in [4.78, 5) is 25.7. The second-order valence-electron chi connectivity index (χ2n) is 6.34. The van der Waals surface area contributed by atoms with Crippen LogP contribution in [0.3, 0.4) is 0 Å². The van der Waals surface area contributed by atoms with E-state index in [9.17, 15) is 9.59 Å². The minimum atomic E-state index is -0.447. The first-order valence-electron chi connectivity index (χ1n) is 7.30. The Morgan fingerprint density at radius 2 is 1.83 bits per heavy atom. The summed E-state index contributed by atoms with van der Waals surface area (Å²) in [5, 5.41) is 0. The highest BCUT2D eigenvalue weighted by Gasteiger charge is 2.19. The Labute approximate surface area is 144 Å². The molecule has 2 rings (SSSR count). The van der Waals surface area contributed by atoms with Crippen molar-refractivity contribution in [2.24, 2.45) is 12.5 Å². The van der Waals surface area contributed by atoms with Crippen molar-refractivity contribution in [1.82, 2.24) is 4.57 Å². The molecule has 5 heteroatoms. The minimum absolute atomic E-state index is 0.0187. The number of ketones is 1.